The molecule has 1 aromatic heterocycles. The summed E-state index contributed by atoms with van der Waals surface area (Å²) in [6.07, 6.45) is -2.29. The number of benzene rings is 1. The van der Waals surface area contributed by atoms with E-state index in [0.29, 0.717) is 5.02 Å². The van der Waals surface area contributed by atoms with Gasteiger partial charge in [-0.1, -0.05) is 35.3 Å². The van der Waals surface area contributed by atoms with Crippen molar-refractivity contribution in [3.8, 4) is 0 Å². The van der Waals surface area contributed by atoms with Gasteiger partial charge in [-0.15, -0.1) is 11.3 Å². The molecule has 9 nitrogen and oxygen atoms in total. The van der Waals surface area contributed by atoms with E-state index in [2.05, 4.69) is 41.4 Å². The topological polar surface area (TPSA) is 139 Å². The van der Waals surface area contributed by atoms with Crippen molar-refractivity contribution in [1.82, 2.24) is 9.80 Å². The minimum Gasteiger partial charge on any atom is -0.481 e. The number of nitrogens with zero attached hydrogens (tertiary/aromatic N) is 2. The van der Waals surface area contributed by atoms with Gasteiger partial charge in [-0.2, -0.15) is 0 Å². The Bertz CT molecular complexity index is 939. The molecule has 1 heterocycles. The van der Waals surface area contributed by atoms with Crippen LogP contribution in [0, 0.1) is 0 Å². The maximum atomic E-state index is 10.3. The van der Waals surface area contributed by atoms with Gasteiger partial charge in [0.25, 0.3) is 0 Å². The van der Waals surface area contributed by atoms with Crippen LogP contribution in [0.2, 0.25) is 10.0 Å². The maximum absolute atomic E-state index is 10.3. The summed E-state index contributed by atoms with van der Waals surface area (Å²) in [5.41, 5.74) is -1.62. The van der Waals surface area contributed by atoms with Crippen molar-refractivity contribution in [3.05, 3.63) is 56.2 Å². The predicted molar refractivity (Wildman–Crippen MR) is 131 cm³/mol. The van der Waals surface area contributed by atoms with Gasteiger partial charge in [0.2, 0.25) is 0 Å². The van der Waals surface area contributed by atoms with Gasteiger partial charge in [0.1, 0.15) is 0 Å². The third-order valence-corrected chi connectivity index (χ3v) is 5.97. The van der Waals surface area contributed by atoms with Crippen molar-refractivity contribution in [2.45, 2.75) is 31.5 Å². The quantitative estimate of drug-likeness (QED) is 0.322. The van der Waals surface area contributed by atoms with Crippen LogP contribution in [0.4, 0.5) is 0 Å². The van der Waals surface area contributed by atoms with E-state index in [1.54, 1.807) is 11.3 Å². The number of hydrogen-bond acceptors (Lipinski definition) is 7. The molecule has 2 aromatic rings. The van der Waals surface area contributed by atoms with Crippen LogP contribution in [0.3, 0.4) is 0 Å². The molecule has 0 saturated heterocycles. The lowest BCUT2D eigenvalue weighted by Gasteiger charge is -2.24. The molecule has 0 bridgehead atoms. The first-order valence-electron chi connectivity index (χ1n) is 10.0. The van der Waals surface area contributed by atoms with Crippen LogP contribution in [-0.2, 0) is 27.5 Å². The van der Waals surface area contributed by atoms with Crippen molar-refractivity contribution < 1.29 is 34.8 Å². The number of aliphatic carboxylic acids is 3. The minimum atomic E-state index is -2.74. The van der Waals surface area contributed by atoms with Crippen LogP contribution in [0.5, 0.6) is 0 Å². The Balaban J connectivity index is 0.000000385. The highest BCUT2D eigenvalue weighted by molar-refractivity contribution is 7.09. The summed E-state index contributed by atoms with van der Waals surface area (Å²) in [7, 11) is 4.19. The molecule has 4 N–H and O–H groups in total. The van der Waals surface area contributed by atoms with Gasteiger partial charge in [0.15, 0.2) is 5.60 Å². The number of thiophene rings is 1. The molecule has 1 aromatic carbocycles. The number of carboxylic acids is 3. The molecular weight excluding hydrogens is 507 g/mol. The zero-order valence-corrected chi connectivity index (χ0v) is 21.1. The highest BCUT2D eigenvalue weighted by atomic mass is 35.5. The van der Waals surface area contributed by atoms with E-state index in [1.807, 2.05) is 18.2 Å². The lowest BCUT2D eigenvalue weighted by molar-refractivity contribution is -0.170. The van der Waals surface area contributed by atoms with E-state index in [4.69, 9.17) is 43.6 Å². The highest BCUT2D eigenvalue weighted by Gasteiger charge is 2.40. The molecule has 0 fully saturated rings. The molecule has 0 saturated carbocycles. The van der Waals surface area contributed by atoms with Crippen LogP contribution >= 0.6 is 34.5 Å². The average molecular weight is 535 g/mol. The van der Waals surface area contributed by atoms with E-state index in [9.17, 15) is 14.4 Å². The van der Waals surface area contributed by atoms with Crippen LogP contribution < -0.4 is 0 Å². The van der Waals surface area contributed by atoms with Gasteiger partial charge in [0.05, 0.1) is 12.8 Å². The summed E-state index contributed by atoms with van der Waals surface area (Å²) in [6.45, 7) is 3.81. The van der Waals surface area contributed by atoms with Gasteiger partial charge in [-0.3, -0.25) is 14.5 Å². The first-order valence-corrected chi connectivity index (χ1v) is 11.7. The highest BCUT2D eigenvalue weighted by Crippen LogP contribution is 2.23. The Kier molecular flexibility index (Phi) is 12.5. The average Bonchev–Trinajstić information content (AvgIpc) is 3.20. The normalized spacial score (nSPS) is 11.3. The molecule has 188 valence electrons. The Labute approximate surface area is 211 Å². The number of likely N-dealkylation sites (N-methyl/N-ethyl adjacent to an activating group) is 1. The van der Waals surface area contributed by atoms with Crippen LogP contribution in [0.15, 0.2) is 35.7 Å². The van der Waals surface area contributed by atoms with E-state index in [0.717, 1.165) is 36.8 Å². The molecule has 0 atom stereocenters. The summed E-state index contributed by atoms with van der Waals surface area (Å²) in [4.78, 5) is 36.5. The first kappa shape index (κ1) is 29.8. The fraction of sp³-hybridized carbons (Fsp3) is 0.409. The predicted octanol–water partition coefficient (Wildman–Crippen LogP) is 3.37. The number of rotatable bonds is 12. The van der Waals surface area contributed by atoms with Gasteiger partial charge in [-0.05, 0) is 43.2 Å². The second-order valence-corrected chi connectivity index (χ2v) is 9.68. The molecular formula is C22H28Cl2N2O7S. The van der Waals surface area contributed by atoms with E-state index >= 15 is 0 Å². The van der Waals surface area contributed by atoms with Crippen LogP contribution in [0.25, 0.3) is 0 Å². The summed E-state index contributed by atoms with van der Waals surface area (Å²) in [5.74, 6) is -5.02. The molecule has 12 heteroatoms. The van der Waals surface area contributed by atoms with Crippen molar-refractivity contribution in [3.63, 3.8) is 0 Å². The molecule has 0 aliphatic rings. The van der Waals surface area contributed by atoms with E-state index in [1.165, 1.54) is 4.88 Å². The van der Waals surface area contributed by atoms with Gasteiger partial charge in [-0.25, -0.2) is 4.79 Å². The minimum absolute atomic E-state index is 0.682. The lowest BCUT2D eigenvalue weighted by Crippen LogP contribution is -2.42. The summed E-state index contributed by atoms with van der Waals surface area (Å²) in [6, 6.07) is 10.0. The first-order chi connectivity index (χ1) is 15.8. The number of hydrogen-bond donors (Lipinski definition) is 4. The van der Waals surface area contributed by atoms with Gasteiger partial charge >= 0.3 is 17.9 Å². The van der Waals surface area contributed by atoms with Crippen LogP contribution in [0.1, 0.15) is 23.3 Å². The molecule has 0 spiro atoms. The van der Waals surface area contributed by atoms with Gasteiger partial charge < -0.3 is 25.3 Å². The van der Waals surface area contributed by atoms with Crippen molar-refractivity contribution >= 4 is 52.4 Å². The second-order valence-electron chi connectivity index (χ2n) is 7.81. The van der Waals surface area contributed by atoms with E-state index < -0.39 is 36.4 Å². The van der Waals surface area contributed by atoms with Crippen molar-refractivity contribution in [2.75, 3.05) is 27.2 Å². The molecule has 0 unspecified atom stereocenters. The Hall–Kier alpha value is -2.21. The van der Waals surface area contributed by atoms with E-state index in [-0.39, 0.29) is 0 Å². The smallest absolute Gasteiger partial charge is 0.336 e. The molecule has 34 heavy (non-hydrogen) atoms. The Morgan fingerprint density at radius 2 is 1.59 bits per heavy atom. The van der Waals surface area contributed by atoms with Gasteiger partial charge in [0, 0.05) is 41.1 Å². The summed E-state index contributed by atoms with van der Waals surface area (Å²) < 4.78 is 0. The maximum Gasteiger partial charge on any atom is 0.336 e. The number of carbonyl (C=O) groups is 3. The molecule has 0 radical (unpaired) electrons. The monoisotopic (exact) mass is 534 g/mol. The van der Waals surface area contributed by atoms with Crippen LogP contribution in [-0.4, -0.2) is 80.9 Å². The number of halogens is 2. The molecule has 0 aliphatic heterocycles. The third-order valence-electron chi connectivity index (χ3n) is 4.52. The summed E-state index contributed by atoms with van der Waals surface area (Å²) >= 11 is 14.1. The lowest BCUT2D eigenvalue weighted by atomic mass is 9.96. The SMILES string of the molecule is CN(C)CCN(Cc1cccs1)Cc1ccc(Cl)cc1Cl.O=C(O)CC(O)(CC(=O)O)C(=O)O. The fourth-order valence-corrected chi connectivity index (χ4v) is 4.00. The molecule has 0 amide bonds. The zero-order valence-electron chi connectivity index (χ0n) is 18.8. The molecule has 2 rings (SSSR count). The molecule has 0 aliphatic carbocycles. The second kappa shape index (κ2) is 14.2. The summed E-state index contributed by atoms with van der Waals surface area (Å²) in [5, 5.41) is 37.4. The third kappa shape index (κ3) is 11.3. The Morgan fingerprint density at radius 1 is 0.971 bits per heavy atom. The standard InChI is InChI=1S/C16H20Cl2N2S.C6H8O7/c1-19(2)7-8-20(12-15-4-3-9-21-15)11-13-5-6-14(17)10-16(13)18;7-3(8)1-6(13,5(11)12)2-4(9)10/h3-6,9-10H,7-8,11-12H2,1-2H3;13H,1-2H2,(H,7,8)(H,9,10)(H,11,12). The van der Waals surface area contributed by atoms with Crippen molar-refractivity contribution in [2.24, 2.45) is 0 Å². The Morgan fingerprint density at radius 3 is 2.03 bits per heavy atom. The van der Waals surface area contributed by atoms with Crippen molar-refractivity contribution in [1.29, 1.82) is 0 Å². The fourth-order valence-electron chi connectivity index (χ4n) is 2.78. The number of aliphatic hydroxyl groups is 1. The number of carboxylic acid groups (broad SMARTS) is 3. The zero-order chi connectivity index (χ0) is 25.9. The largest absolute Gasteiger partial charge is 0.481 e.